The van der Waals surface area contributed by atoms with Gasteiger partial charge in [-0.2, -0.15) is 0 Å². The van der Waals surface area contributed by atoms with Crippen molar-refractivity contribution in [2.75, 3.05) is 35.9 Å². The summed E-state index contributed by atoms with van der Waals surface area (Å²) in [7, 11) is 3.55. The van der Waals surface area contributed by atoms with Crippen molar-refractivity contribution in [2.24, 2.45) is 0 Å². The highest BCUT2D eigenvalue weighted by Gasteiger charge is 2.23. The van der Waals surface area contributed by atoms with E-state index in [1.54, 1.807) is 55.6 Å². The van der Waals surface area contributed by atoms with Crippen LogP contribution in [-0.4, -0.2) is 52.3 Å². The average molecular weight is 538 g/mol. The van der Waals surface area contributed by atoms with E-state index in [4.69, 9.17) is 9.47 Å². The van der Waals surface area contributed by atoms with Crippen LogP contribution in [0, 0.1) is 0 Å². The Labute approximate surface area is 230 Å². The van der Waals surface area contributed by atoms with Crippen molar-refractivity contribution in [1.29, 1.82) is 0 Å². The number of carbonyl (C=O) groups is 1. The number of aromatic nitrogens is 4. The van der Waals surface area contributed by atoms with Crippen LogP contribution >= 0.6 is 0 Å². The summed E-state index contributed by atoms with van der Waals surface area (Å²) in [5.74, 6) is 3.17. The quantitative estimate of drug-likeness (QED) is 0.248. The molecule has 11 heteroatoms. The number of anilines is 3. The molecule has 0 radical (unpaired) electrons. The van der Waals surface area contributed by atoms with Crippen LogP contribution in [0.4, 0.5) is 17.3 Å². The van der Waals surface area contributed by atoms with Crippen molar-refractivity contribution in [3.05, 3.63) is 102 Å². The number of esters is 1. The number of imidazole rings is 1. The number of rotatable bonds is 9. The molecule has 202 valence electrons. The molecule has 1 aliphatic rings. The molecule has 4 heterocycles. The van der Waals surface area contributed by atoms with E-state index in [0.717, 1.165) is 11.3 Å². The van der Waals surface area contributed by atoms with E-state index in [0.29, 0.717) is 35.2 Å². The number of ether oxygens (including phenoxy) is 2. The molecule has 0 saturated carbocycles. The minimum absolute atomic E-state index is 0.179. The molecule has 40 heavy (non-hydrogen) atoms. The molecule has 0 bridgehead atoms. The fourth-order valence-electron chi connectivity index (χ4n) is 4.27. The number of methoxy groups -OCH3 is 1. The van der Waals surface area contributed by atoms with E-state index in [1.807, 2.05) is 54.3 Å². The first kappa shape index (κ1) is 26.2. The second-order valence-corrected chi connectivity index (χ2v) is 8.77. The molecule has 11 nitrogen and oxygen atoms in total. The second-order valence-electron chi connectivity index (χ2n) is 8.77. The largest absolute Gasteiger partial charge is 0.497 e. The number of benzene rings is 1. The smallest absolute Gasteiger partial charge is 0.358 e. The van der Waals surface area contributed by atoms with Crippen LogP contribution in [0.3, 0.4) is 0 Å². The average Bonchev–Trinajstić information content (AvgIpc) is 3.41. The van der Waals surface area contributed by atoms with Crippen LogP contribution < -0.4 is 19.9 Å². The van der Waals surface area contributed by atoms with Gasteiger partial charge in [0.2, 0.25) is 0 Å². The zero-order chi connectivity index (χ0) is 28.1. The minimum Gasteiger partial charge on any atom is -0.497 e. The maximum atomic E-state index is 12.7. The summed E-state index contributed by atoms with van der Waals surface area (Å²) >= 11 is 0. The molecule has 1 aliphatic heterocycles. The van der Waals surface area contributed by atoms with Crippen LogP contribution in [-0.2, 0) is 16.1 Å². The fourth-order valence-corrected chi connectivity index (χ4v) is 4.27. The fraction of sp³-hybridized carbons (Fsp3) is 0.172. The van der Waals surface area contributed by atoms with Crippen LogP contribution in [0.15, 0.2) is 90.7 Å². The maximum Gasteiger partial charge on any atom is 0.358 e. The first-order valence-corrected chi connectivity index (χ1v) is 12.5. The third-order valence-electron chi connectivity index (χ3n) is 6.17. The van der Waals surface area contributed by atoms with Gasteiger partial charge in [-0.1, -0.05) is 18.2 Å². The summed E-state index contributed by atoms with van der Waals surface area (Å²) in [4.78, 5) is 37.2. The van der Waals surface area contributed by atoms with Crippen molar-refractivity contribution >= 4 is 34.9 Å². The van der Waals surface area contributed by atoms with Gasteiger partial charge in [-0.15, -0.1) is 5.10 Å². The molecule has 0 saturated heterocycles. The van der Waals surface area contributed by atoms with Gasteiger partial charge in [0.05, 0.1) is 31.3 Å². The predicted molar refractivity (Wildman–Crippen MR) is 151 cm³/mol. The zero-order valence-corrected chi connectivity index (χ0v) is 22.2. The van der Waals surface area contributed by atoms with Gasteiger partial charge >= 0.3 is 5.97 Å². The summed E-state index contributed by atoms with van der Waals surface area (Å²) < 4.78 is 11.9. The van der Waals surface area contributed by atoms with Gasteiger partial charge < -0.3 is 19.7 Å². The number of nitrogens with zero attached hydrogens (tertiary/aromatic N) is 6. The number of nitrogens with one attached hydrogen (secondary N) is 1. The monoisotopic (exact) mass is 537 g/mol. The van der Waals surface area contributed by atoms with Gasteiger partial charge in [0.25, 0.3) is 0 Å². The Balaban J connectivity index is 1.53. The van der Waals surface area contributed by atoms with E-state index in [1.165, 1.54) is 10.7 Å². The highest BCUT2D eigenvalue weighted by molar-refractivity contribution is 5.89. The van der Waals surface area contributed by atoms with Crippen molar-refractivity contribution < 1.29 is 19.1 Å². The van der Waals surface area contributed by atoms with Crippen molar-refractivity contribution in [2.45, 2.75) is 13.5 Å². The number of fused-ring (bicyclic) bond motifs is 1. The molecular weight excluding hydrogens is 510 g/mol. The highest BCUT2D eigenvalue weighted by Crippen LogP contribution is 2.29. The summed E-state index contributed by atoms with van der Waals surface area (Å²) in [5.41, 5.74) is 3.09. The van der Waals surface area contributed by atoms with Gasteiger partial charge in [-0.05, 0) is 48.9 Å². The van der Waals surface area contributed by atoms with Gasteiger partial charge in [-0.25, -0.2) is 24.1 Å². The number of hydrogen-bond acceptors (Lipinski definition) is 10. The van der Waals surface area contributed by atoms with Gasteiger partial charge in [0, 0.05) is 32.1 Å². The topological polar surface area (TPSA) is 114 Å². The Morgan fingerprint density at radius 3 is 2.67 bits per heavy atom. The molecule has 0 amide bonds. The van der Waals surface area contributed by atoms with E-state index < -0.39 is 5.97 Å². The van der Waals surface area contributed by atoms with E-state index in [9.17, 15) is 9.59 Å². The Kier molecular flexibility index (Phi) is 7.56. The highest BCUT2D eigenvalue weighted by atomic mass is 16.5. The summed E-state index contributed by atoms with van der Waals surface area (Å²) in [6.45, 7) is 2.49. The molecule has 1 aromatic carbocycles. The lowest BCUT2D eigenvalue weighted by Crippen LogP contribution is -2.25. The minimum atomic E-state index is -0.543. The summed E-state index contributed by atoms with van der Waals surface area (Å²) in [6.07, 6.45) is 8.35. The molecule has 3 aromatic heterocycles. The molecule has 0 aliphatic carbocycles. The Hall–Kier alpha value is -5.41. The normalized spacial score (nSPS) is 12.6. The van der Waals surface area contributed by atoms with Crippen LogP contribution in [0.5, 0.6) is 5.75 Å². The summed E-state index contributed by atoms with van der Waals surface area (Å²) in [5, 5.41) is 7.85. The maximum absolute atomic E-state index is 12.7. The Morgan fingerprint density at radius 2 is 1.98 bits per heavy atom. The van der Waals surface area contributed by atoms with Crippen LogP contribution in [0.25, 0.3) is 5.65 Å². The van der Waals surface area contributed by atoms with Gasteiger partial charge in [0.15, 0.2) is 28.8 Å². The molecule has 1 N–H and O–H groups in total. The second kappa shape index (κ2) is 11.5. The van der Waals surface area contributed by atoms with E-state index in [-0.39, 0.29) is 18.0 Å². The summed E-state index contributed by atoms with van der Waals surface area (Å²) in [6, 6.07) is 15.0. The third-order valence-corrected chi connectivity index (χ3v) is 6.17. The number of hydrogen-bond donors (Lipinski definition) is 1. The van der Waals surface area contributed by atoms with Gasteiger partial charge in [0.1, 0.15) is 11.6 Å². The molecular formula is C29H27N7O4. The lowest BCUT2D eigenvalue weighted by atomic mass is 10.2. The van der Waals surface area contributed by atoms with Crippen molar-refractivity contribution in [1.82, 2.24) is 19.6 Å². The molecule has 0 unspecified atom stereocenters. The first-order valence-electron chi connectivity index (χ1n) is 12.5. The molecule has 5 rings (SSSR count). The molecule has 4 aromatic rings. The van der Waals surface area contributed by atoms with Crippen LogP contribution in [0.2, 0.25) is 0 Å². The van der Waals surface area contributed by atoms with E-state index >= 15 is 0 Å². The number of allylic oxidation sites excluding steroid dienone is 2. The molecule has 0 fully saturated rings. The Bertz CT molecular complexity index is 1640. The standard InChI is InChI=1S/C29H27N7O4/c1-4-40-29(38)24-17-31-28-23(34(2)18-20-10-12-21(39-3)13-11-20)16-26(33-36(24)28)32-22-8-7-15-35(25(22)19-37)27-9-5-6-14-30-27/h5-17H,4,18H2,1-3H3,(H,32,33). The lowest BCUT2D eigenvalue weighted by molar-refractivity contribution is 0.0517. The lowest BCUT2D eigenvalue weighted by Gasteiger charge is -2.25. The first-order chi connectivity index (χ1) is 19.5. The van der Waals surface area contributed by atoms with Gasteiger partial charge in [-0.3, -0.25) is 4.90 Å². The van der Waals surface area contributed by atoms with Crippen molar-refractivity contribution in [3.63, 3.8) is 0 Å². The van der Waals surface area contributed by atoms with Crippen molar-refractivity contribution in [3.8, 4) is 5.75 Å². The molecule has 0 atom stereocenters. The SMILES string of the molecule is CCOC(=O)c1cnc2c(N(C)Cc3ccc(OC)cc3)cc(NC3=CC=CN(c4ccccn4)C3=C=O)nn12. The zero-order valence-electron chi connectivity index (χ0n) is 22.2. The van der Waals surface area contributed by atoms with E-state index in [2.05, 4.69) is 20.4 Å². The Morgan fingerprint density at radius 1 is 1.15 bits per heavy atom. The third kappa shape index (κ3) is 5.27. The number of pyridine rings is 1. The predicted octanol–water partition coefficient (Wildman–Crippen LogP) is 3.99. The van der Waals surface area contributed by atoms with Crippen LogP contribution in [0.1, 0.15) is 23.0 Å². The number of carbonyl (C=O) groups excluding carboxylic acids is 2. The molecule has 0 spiro atoms.